The molecule has 152 valence electrons. The molecule has 1 fully saturated rings. The van der Waals surface area contributed by atoms with Crippen molar-refractivity contribution in [1.29, 1.82) is 0 Å². The van der Waals surface area contributed by atoms with E-state index in [-0.39, 0.29) is 11.5 Å². The van der Waals surface area contributed by atoms with Crippen LogP contribution < -0.4 is 10.1 Å². The van der Waals surface area contributed by atoms with Crippen LogP contribution in [0.4, 0.5) is 13.2 Å². The Labute approximate surface area is 157 Å². The summed E-state index contributed by atoms with van der Waals surface area (Å²) < 4.78 is 63.7. The molecule has 1 aromatic rings. The molecule has 0 amide bonds. The summed E-state index contributed by atoms with van der Waals surface area (Å²) in [4.78, 5) is 6.11. The van der Waals surface area contributed by atoms with Crippen LogP contribution in [0.1, 0.15) is 19.4 Å². The van der Waals surface area contributed by atoms with Crippen LogP contribution in [0.5, 0.6) is 5.75 Å². The summed E-state index contributed by atoms with van der Waals surface area (Å²) in [5.74, 6) is 0.420. The first-order valence-electron chi connectivity index (χ1n) is 8.46. The van der Waals surface area contributed by atoms with Crippen molar-refractivity contribution in [2.75, 3.05) is 32.4 Å². The first-order chi connectivity index (χ1) is 12.4. The summed E-state index contributed by atoms with van der Waals surface area (Å²) in [6, 6.07) is 5.69. The van der Waals surface area contributed by atoms with Crippen LogP contribution in [0.2, 0.25) is 0 Å². The molecule has 0 saturated carbocycles. The lowest BCUT2D eigenvalue weighted by Crippen LogP contribution is -2.57. The molecule has 1 N–H and O–H groups in total. The number of aliphatic imine (C=N–C) groups is 1. The smallest absolute Gasteiger partial charge is 0.406 e. The van der Waals surface area contributed by atoms with Gasteiger partial charge in [-0.05, 0) is 38.0 Å². The van der Waals surface area contributed by atoms with E-state index in [0.717, 1.165) is 5.56 Å². The average molecular weight is 407 g/mol. The maximum absolute atomic E-state index is 12.2. The summed E-state index contributed by atoms with van der Waals surface area (Å²) in [6.07, 6.45) is -4.13. The molecule has 1 heterocycles. The van der Waals surface area contributed by atoms with Crippen molar-refractivity contribution in [2.45, 2.75) is 31.4 Å². The van der Waals surface area contributed by atoms with E-state index in [4.69, 9.17) is 0 Å². The number of halogens is 3. The van der Waals surface area contributed by atoms with Gasteiger partial charge in [-0.1, -0.05) is 12.1 Å². The normalized spacial score (nSPS) is 19.6. The molecule has 2 rings (SSSR count). The monoisotopic (exact) mass is 407 g/mol. The predicted octanol–water partition coefficient (Wildman–Crippen LogP) is 2.21. The Kier molecular flexibility index (Phi) is 6.28. The molecule has 0 unspecified atom stereocenters. The fourth-order valence-electron chi connectivity index (χ4n) is 2.83. The van der Waals surface area contributed by atoms with Crippen molar-refractivity contribution in [1.82, 2.24) is 10.2 Å². The van der Waals surface area contributed by atoms with Gasteiger partial charge in [0.1, 0.15) is 5.75 Å². The molecular formula is C17H24F3N3O3S. The van der Waals surface area contributed by atoms with Crippen LogP contribution in [0, 0.1) is 0 Å². The molecule has 1 saturated heterocycles. The Morgan fingerprint density at radius 3 is 2.44 bits per heavy atom. The molecule has 0 spiro atoms. The van der Waals surface area contributed by atoms with Crippen molar-refractivity contribution in [3.63, 3.8) is 0 Å². The molecule has 0 radical (unpaired) electrons. The van der Waals surface area contributed by atoms with Gasteiger partial charge in [-0.15, -0.1) is 13.2 Å². The highest BCUT2D eigenvalue weighted by Gasteiger charge is 2.40. The lowest BCUT2D eigenvalue weighted by atomic mass is 10.1. The predicted molar refractivity (Wildman–Crippen MR) is 97.6 cm³/mol. The second-order valence-electron chi connectivity index (χ2n) is 6.92. The molecule has 1 aliphatic rings. The van der Waals surface area contributed by atoms with Gasteiger partial charge in [-0.2, -0.15) is 0 Å². The second-order valence-corrected chi connectivity index (χ2v) is 9.66. The van der Waals surface area contributed by atoms with Crippen LogP contribution in [0.15, 0.2) is 29.3 Å². The van der Waals surface area contributed by atoms with E-state index in [0.29, 0.717) is 32.0 Å². The highest BCUT2D eigenvalue weighted by molar-refractivity contribution is 7.92. The third-order valence-electron chi connectivity index (χ3n) is 4.41. The number of guanidine groups is 1. The summed E-state index contributed by atoms with van der Waals surface area (Å²) in [5.41, 5.74) is 0.842. The number of sulfone groups is 1. The van der Waals surface area contributed by atoms with Gasteiger partial charge in [0.25, 0.3) is 0 Å². The van der Waals surface area contributed by atoms with Crippen LogP contribution in [0.3, 0.4) is 0 Å². The summed E-state index contributed by atoms with van der Waals surface area (Å²) >= 11 is 0. The minimum absolute atomic E-state index is 0.0708. The highest BCUT2D eigenvalue weighted by Crippen LogP contribution is 2.24. The molecular weight excluding hydrogens is 383 g/mol. The number of nitrogens with one attached hydrogen (secondary N) is 1. The number of benzene rings is 1. The minimum atomic E-state index is -4.70. The quantitative estimate of drug-likeness (QED) is 0.612. The number of alkyl halides is 3. The average Bonchev–Trinajstić information content (AvgIpc) is 2.54. The molecule has 0 aromatic heterocycles. The summed E-state index contributed by atoms with van der Waals surface area (Å²) in [5, 5.41) is 3.18. The Bertz CT molecular complexity index is 775. The van der Waals surface area contributed by atoms with E-state index in [1.807, 2.05) is 4.90 Å². The minimum Gasteiger partial charge on any atom is -0.406 e. The Morgan fingerprint density at radius 2 is 1.93 bits per heavy atom. The van der Waals surface area contributed by atoms with Gasteiger partial charge in [0.15, 0.2) is 15.8 Å². The van der Waals surface area contributed by atoms with Crippen molar-refractivity contribution in [2.24, 2.45) is 4.99 Å². The SMILES string of the molecule is CN=C(NCCc1ccc(OC(F)(F)F)cc1)N1CCS(=O)(=O)C(C)(C)C1. The standard InChI is InChI=1S/C17H24F3N3O3S/c1-16(2)12-23(10-11-27(16,24)25)15(21-3)22-9-8-13-4-6-14(7-5-13)26-17(18,19)20/h4-7H,8-12H2,1-3H3,(H,21,22). The van der Waals surface area contributed by atoms with Gasteiger partial charge in [-0.3, -0.25) is 4.99 Å². The first kappa shape index (κ1) is 21.3. The molecule has 1 aliphatic heterocycles. The first-order valence-corrected chi connectivity index (χ1v) is 10.1. The lowest BCUT2D eigenvalue weighted by Gasteiger charge is -2.39. The van der Waals surface area contributed by atoms with Crippen molar-refractivity contribution in [3.8, 4) is 5.75 Å². The van der Waals surface area contributed by atoms with E-state index in [2.05, 4.69) is 15.0 Å². The molecule has 6 nitrogen and oxygen atoms in total. The van der Waals surface area contributed by atoms with Gasteiger partial charge < -0.3 is 15.0 Å². The van der Waals surface area contributed by atoms with Crippen LogP contribution in [-0.2, 0) is 16.3 Å². The Morgan fingerprint density at radius 1 is 1.30 bits per heavy atom. The molecule has 27 heavy (non-hydrogen) atoms. The van der Waals surface area contributed by atoms with Crippen molar-refractivity contribution in [3.05, 3.63) is 29.8 Å². The molecule has 0 bridgehead atoms. The summed E-state index contributed by atoms with van der Waals surface area (Å²) in [6.45, 7) is 4.63. The molecule has 0 aliphatic carbocycles. The van der Waals surface area contributed by atoms with E-state index in [9.17, 15) is 21.6 Å². The third-order valence-corrected chi connectivity index (χ3v) is 6.94. The zero-order chi connectivity index (χ0) is 20.3. The Balaban J connectivity index is 1.88. The number of ether oxygens (including phenoxy) is 1. The van der Waals surface area contributed by atoms with E-state index in [1.54, 1.807) is 33.0 Å². The number of rotatable bonds is 4. The highest BCUT2D eigenvalue weighted by atomic mass is 32.2. The van der Waals surface area contributed by atoms with Gasteiger partial charge in [0.2, 0.25) is 0 Å². The fourth-order valence-corrected chi connectivity index (χ4v) is 4.20. The topological polar surface area (TPSA) is 71.0 Å². The zero-order valence-electron chi connectivity index (χ0n) is 15.5. The van der Waals surface area contributed by atoms with Crippen molar-refractivity contribution >= 4 is 15.8 Å². The van der Waals surface area contributed by atoms with E-state index < -0.39 is 20.9 Å². The number of hydrogen-bond donors (Lipinski definition) is 1. The molecule has 1 aromatic carbocycles. The van der Waals surface area contributed by atoms with Gasteiger partial charge in [0, 0.05) is 26.7 Å². The van der Waals surface area contributed by atoms with Gasteiger partial charge in [-0.25, -0.2) is 8.42 Å². The third kappa shape index (κ3) is 5.75. The van der Waals surface area contributed by atoms with Crippen molar-refractivity contribution < 1.29 is 26.3 Å². The zero-order valence-corrected chi connectivity index (χ0v) is 16.3. The van der Waals surface area contributed by atoms with Crippen LogP contribution >= 0.6 is 0 Å². The number of hydrogen-bond acceptors (Lipinski definition) is 4. The van der Waals surface area contributed by atoms with Gasteiger partial charge >= 0.3 is 6.36 Å². The van der Waals surface area contributed by atoms with Crippen LogP contribution in [-0.4, -0.2) is 62.8 Å². The second kappa shape index (κ2) is 7.95. The Hall–Kier alpha value is -1.97. The fraction of sp³-hybridized carbons (Fsp3) is 0.588. The molecule has 0 atom stereocenters. The number of nitrogens with zero attached hydrogens (tertiary/aromatic N) is 2. The largest absolute Gasteiger partial charge is 0.573 e. The lowest BCUT2D eigenvalue weighted by molar-refractivity contribution is -0.274. The van der Waals surface area contributed by atoms with E-state index in [1.165, 1.54) is 12.1 Å². The van der Waals surface area contributed by atoms with E-state index >= 15 is 0 Å². The van der Waals surface area contributed by atoms with Crippen LogP contribution in [0.25, 0.3) is 0 Å². The van der Waals surface area contributed by atoms with Gasteiger partial charge in [0.05, 0.1) is 10.5 Å². The maximum Gasteiger partial charge on any atom is 0.573 e. The maximum atomic E-state index is 12.2. The molecule has 10 heteroatoms. The summed E-state index contributed by atoms with van der Waals surface area (Å²) in [7, 11) is -1.51.